The Morgan fingerprint density at radius 1 is 1.27 bits per heavy atom. The van der Waals surface area contributed by atoms with Gasteiger partial charge in [0.2, 0.25) is 0 Å². The van der Waals surface area contributed by atoms with Crippen molar-refractivity contribution < 1.29 is 13.6 Å². The number of amidine groups is 1. The smallest absolute Gasteiger partial charge is 0.292 e. The van der Waals surface area contributed by atoms with Gasteiger partial charge in [0.25, 0.3) is 5.92 Å². The molecule has 0 saturated heterocycles. The lowest BCUT2D eigenvalue weighted by molar-refractivity contribution is -0.0122. The molecule has 1 atom stereocenters. The van der Waals surface area contributed by atoms with Crippen LogP contribution in [0, 0.1) is 6.92 Å². The van der Waals surface area contributed by atoms with Crippen molar-refractivity contribution in [3.05, 3.63) is 59.7 Å². The highest BCUT2D eigenvalue weighted by atomic mass is 19.3. The summed E-state index contributed by atoms with van der Waals surface area (Å²) in [5, 5.41) is 2.75. The Balaban J connectivity index is 1.73. The summed E-state index contributed by atoms with van der Waals surface area (Å²) < 4.78 is 29.5. The van der Waals surface area contributed by atoms with Crippen molar-refractivity contribution in [2.45, 2.75) is 45.1 Å². The SMILES string of the molecule is Cc1cccc(-c2ccc3c(n2)N(C(=O)NC2=NC(C)CC=C2)CCCC3(F)F)c1. The van der Waals surface area contributed by atoms with Crippen LogP contribution in [0.3, 0.4) is 0 Å². The van der Waals surface area contributed by atoms with E-state index in [0.717, 1.165) is 17.5 Å². The summed E-state index contributed by atoms with van der Waals surface area (Å²) in [5.74, 6) is -2.60. The molecule has 0 saturated carbocycles. The fraction of sp³-hybridized carbons (Fsp3) is 0.348. The van der Waals surface area contributed by atoms with Crippen molar-refractivity contribution in [3.63, 3.8) is 0 Å². The van der Waals surface area contributed by atoms with Gasteiger partial charge in [-0.3, -0.25) is 15.2 Å². The van der Waals surface area contributed by atoms with Gasteiger partial charge in [0.05, 0.1) is 17.3 Å². The van der Waals surface area contributed by atoms with Crippen LogP contribution < -0.4 is 10.2 Å². The third-order valence-corrected chi connectivity index (χ3v) is 5.30. The van der Waals surface area contributed by atoms with Crippen LogP contribution in [0.25, 0.3) is 11.3 Å². The second-order valence-corrected chi connectivity index (χ2v) is 7.83. The molecule has 4 rings (SSSR count). The van der Waals surface area contributed by atoms with E-state index in [-0.39, 0.29) is 36.8 Å². The van der Waals surface area contributed by atoms with Gasteiger partial charge in [-0.05, 0) is 51.0 Å². The number of pyridine rings is 1. The number of benzene rings is 1. The van der Waals surface area contributed by atoms with Crippen LogP contribution in [0.15, 0.2) is 53.5 Å². The molecule has 0 fully saturated rings. The van der Waals surface area contributed by atoms with Crippen molar-refractivity contribution in [2.75, 3.05) is 11.4 Å². The van der Waals surface area contributed by atoms with Gasteiger partial charge in [-0.25, -0.2) is 18.6 Å². The highest BCUT2D eigenvalue weighted by molar-refractivity contribution is 6.09. The number of alkyl halides is 2. The zero-order valence-electron chi connectivity index (χ0n) is 17.0. The molecule has 2 aromatic rings. The number of aryl methyl sites for hydroxylation is 1. The van der Waals surface area contributed by atoms with Crippen LogP contribution in [0.1, 0.15) is 37.3 Å². The number of amides is 2. The van der Waals surface area contributed by atoms with Crippen LogP contribution in [-0.2, 0) is 5.92 Å². The van der Waals surface area contributed by atoms with Gasteiger partial charge in [0.1, 0.15) is 11.7 Å². The van der Waals surface area contributed by atoms with E-state index in [9.17, 15) is 13.6 Å². The molecule has 5 nitrogen and oxygen atoms in total. The summed E-state index contributed by atoms with van der Waals surface area (Å²) in [6.45, 7) is 4.07. The lowest BCUT2D eigenvalue weighted by atomic mass is 10.0. The van der Waals surface area contributed by atoms with Gasteiger partial charge in [-0.1, -0.05) is 29.8 Å². The Morgan fingerprint density at radius 2 is 2.10 bits per heavy atom. The number of halogens is 2. The molecule has 1 aromatic carbocycles. The van der Waals surface area contributed by atoms with Gasteiger partial charge < -0.3 is 0 Å². The molecule has 30 heavy (non-hydrogen) atoms. The molecule has 156 valence electrons. The lowest BCUT2D eigenvalue weighted by Crippen LogP contribution is -2.44. The van der Waals surface area contributed by atoms with E-state index >= 15 is 0 Å². The minimum atomic E-state index is -3.04. The maximum Gasteiger partial charge on any atom is 0.328 e. The Morgan fingerprint density at radius 3 is 2.87 bits per heavy atom. The van der Waals surface area contributed by atoms with Crippen LogP contribution in [0.4, 0.5) is 19.4 Å². The predicted molar refractivity (Wildman–Crippen MR) is 114 cm³/mol. The quantitative estimate of drug-likeness (QED) is 0.702. The van der Waals surface area contributed by atoms with Crippen molar-refractivity contribution in [2.24, 2.45) is 4.99 Å². The molecule has 2 amide bonds. The number of aliphatic imine (C=N–C) groups is 1. The van der Waals surface area contributed by atoms with Crippen molar-refractivity contribution in [1.82, 2.24) is 10.3 Å². The normalized spacial score (nSPS) is 20.2. The molecular weight excluding hydrogens is 386 g/mol. The molecule has 0 radical (unpaired) electrons. The van der Waals surface area contributed by atoms with Crippen molar-refractivity contribution >= 4 is 17.7 Å². The summed E-state index contributed by atoms with van der Waals surface area (Å²) in [6, 6.07) is 10.2. The molecule has 3 heterocycles. The lowest BCUT2D eigenvalue weighted by Gasteiger charge is -2.24. The number of aromatic nitrogens is 1. The monoisotopic (exact) mass is 410 g/mol. The number of hydrogen-bond donors (Lipinski definition) is 1. The average Bonchev–Trinajstić information content (AvgIpc) is 2.83. The minimum absolute atomic E-state index is 0.00226. The van der Waals surface area contributed by atoms with Crippen molar-refractivity contribution in [3.8, 4) is 11.3 Å². The number of carbonyl (C=O) groups is 1. The molecule has 1 N–H and O–H groups in total. The molecule has 1 unspecified atom stereocenters. The molecule has 1 aromatic heterocycles. The highest BCUT2D eigenvalue weighted by Crippen LogP contribution is 2.41. The first-order valence-electron chi connectivity index (χ1n) is 10.1. The van der Waals surface area contributed by atoms with Crippen LogP contribution >= 0.6 is 0 Å². The van der Waals surface area contributed by atoms with Gasteiger partial charge in [-0.2, -0.15) is 0 Å². The summed E-state index contributed by atoms with van der Waals surface area (Å²) in [6.07, 6.45) is 4.33. The first-order chi connectivity index (χ1) is 14.3. The molecule has 0 bridgehead atoms. The molecule has 2 aliphatic rings. The van der Waals surface area contributed by atoms with Crippen LogP contribution in [0.5, 0.6) is 0 Å². The molecule has 0 aliphatic carbocycles. The van der Waals surface area contributed by atoms with E-state index in [0.29, 0.717) is 11.5 Å². The van der Waals surface area contributed by atoms with E-state index in [2.05, 4.69) is 15.3 Å². The average molecular weight is 410 g/mol. The van der Waals surface area contributed by atoms with Gasteiger partial charge >= 0.3 is 6.03 Å². The summed E-state index contributed by atoms with van der Waals surface area (Å²) >= 11 is 0. The number of rotatable bonds is 1. The fourth-order valence-corrected chi connectivity index (χ4v) is 3.76. The Hall–Kier alpha value is -3.09. The number of carbonyl (C=O) groups excluding carboxylic acids is 1. The maximum atomic E-state index is 14.8. The van der Waals surface area contributed by atoms with E-state index in [1.165, 1.54) is 11.0 Å². The number of dihydropyridines is 1. The summed E-state index contributed by atoms with van der Waals surface area (Å²) in [5.41, 5.74) is 2.19. The molecule has 7 heteroatoms. The highest BCUT2D eigenvalue weighted by Gasteiger charge is 2.40. The number of nitrogens with zero attached hydrogens (tertiary/aromatic N) is 3. The Labute approximate surface area is 174 Å². The maximum absolute atomic E-state index is 14.8. The second-order valence-electron chi connectivity index (χ2n) is 7.83. The zero-order valence-corrected chi connectivity index (χ0v) is 17.0. The fourth-order valence-electron chi connectivity index (χ4n) is 3.76. The van der Waals surface area contributed by atoms with E-state index < -0.39 is 12.0 Å². The molecule has 0 spiro atoms. The first kappa shape index (κ1) is 20.2. The Kier molecular flexibility index (Phi) is 5.37. The van der Waals surface area contributed by atoms with E-state index in [4.69, 9.17) is 0 Å². The third kappa shape index (κ3) is 4.10. The largest absolute Gasteiger partial charge is 0.328 e. The van der Waals surface area contributed by atoms with Crippen LogP contribution in [-0.4, -0.2) is 29.4 Å². The van der Waals surface area contributed by atoms with Gasteiger partial charge in [0.15, 0.2) is 0 Å². The van der Waals surface area contributed by atoms with Gasteiger partial charge in [0, 0.05) is 18.5 Å². The van der Waals surface area contributed by atoms with Gasteiger partial charge in [-0.15, -0.1) is 0 Å². The summed E-state index contributed by atoms with van der Waals surface area (Å²) in [4.78, 5) is 23.2. The predicted octanol–water partition coefficient (Wildman–Crippen LogP) is 5.21. The van der Waals surface area contributed by atoms with E-state index in [1.54, 1.807) is 12.1 Å². The van der Waals surface area contributed by atoms with E-state index in [1.807, 2.05) is 44.2 Å². The number of anilines is 1. The third-order valence-electron chi connectivity index (χ3n) is 5.30. The number of nitrogens with one attached hydrogen (secondary N) is 1. The second kappa shape index (κ2) is 7.97. The summed E-state index contributed by atoms with van der Waals surface area (Å²) in [7, 11) is 0. The standard InChI is InChI=1S/C23H24F2N4O/c1-15-6-3-8-17(14-15)19-11-10-18-21(27-19)29(13-5-12-23(18,24)25)22(30)28-20-9-4-7-16(2)26-20/h3-4,6,8-11,14,16H,5,7,12-13H2,1-2H3,(H,26,28,30). The van der Waals surface area contributed by atoms with Crippen molar-refractivity contribution in [1.29, 1.82) is 0 Å². The number of fused-ring (bicyclic) bond motifs is 1. The first-order valence-corrected chi connectivity index (χ1v) is 10.1. The molecular formula is C23H24F2N4O. The molecule has 2 aliphatic heterocycles. The number of hydrogen-bond acceptors (Lipinski definition) is 3. The van der Waals surface area contributed by atoms with Crippen LogP contribution in [0.2, 0.25) is 0 Å². The Bertz CT molecular complexity index is 1030. The zero-order chi connectivity index (χ0) is 21.3. The topological polar surface area (TPSA) is 57.6 Å². The minimum Gasteiger partial charge on any atom is -0.292 e. The number of urea groups is 1.